The van der Waals surface area contributed by atoms with Crippen molar-refractivity contribution in [3.8, 4) is 0 Å². The summed E-state index contributed by atoms with van der Waals surface area (Å²) in [6, 6.07) is 2.57. The Bertz CT molecular complexity index is 365. The van der Waals surface area contributed by atoms with E-state index in [1.807, 2.05) is 0 Å². The van der Waals surface area contributed by atoms with Crippen LogP contribution in [0.2, 0.25) is 0 Å². The van der Waals surface area contributed by atoms with Crippen molar-refractivity contribution in [2.75, 3.05) is 0 Å². The largest absolute Gasteiger partial charge is 0.327 e. The molecule has 1 aromatic rings. The highest BCUT2D eigenvalue weighted by Gasteiger charge is 2.13. The number of aryl methyl sites for hydroxylation is 2. The minimum absolute atomic E-state index is 0.286. The summed E-state index contributed by atoms with van der Waals surface area (Å²) < 4.78 is 0. The van der Waals surface area contributed by atoms with Crippen LogP contribution in [0.25, 0.3) is 0 Å². The lowest BCUT2D eigenvalue weighted by atomic mass is 9.88. The third-order valence-electron chi connectivity index (χ3n) is 3.76. The van der Waals surface area contributed by atoms with E-state index in [0.717, 1.165) is 12.8 Å². The smallest absolute Gasteiger partial charge is 0.00819 e. The maximum absolute atomic E-state index is 6.24. The fourth-order valence-electron chi connectivity index (χ4n) is 2.56. The van der Waals surface area contributed by atoms with Crippen LogP contribution in [0.5, 0.6) is 0 Å². The fraction of sp³-hybridized carbons (Fsp3) is 0.625. The maximum atomic E-state index is 6.24. The Morgan fingerprint density at radius 3 is 1.88 bits per heavy atom. The van der Waals surface area contributed by atoms with E-state index in [-0.39, 0.29) is 6.04 Å². The van der Waals surface area contributed by atoms with Gasteiger partial charge in [-0.1, -0.05) is 19.9 Å². The first-order valence-corrected chi connectivity index (χ1v) is 6.64. The molecule has 0 aliphatic carbocycles. The van der Waals surface area contributed by atoms with Gasteiger partial charge in [-0.05, 0) is 74.3 Å². The standard InChI is InChI=1S/C16H27N/c1-10(2)7-15(17)9-16-13(5)11(3)8-12(4)14(16)6/h8,10,15H,7,9,17H2,1-6H3. The van der Waals surface area contributed by atoms with E-state index < -0.39 is 0 Å². The molecule has 0 aliphatic rings. The molecule has 0 saturated heterocycles. The van der Waals surface area contributed by atoms with Crippen molar-refractivity contribution in [2.24, 2.45) is 11.7 Å². The van der Waals surface area contributed by atoms with Gasteiger partial charge in [-0.2, -0.15) is 0 Å². The SMILES string of the molecule is Cc1cc(C)c(C)c(CC(N)CC(C)C)c1C. The molecule has 1 rings (SSSR count). The molecule has 2 N–H and O–H groups in total. The topological polar surface area (TPSA) is 26.0 Å². The normalized spacial score (nSPS) is 13.2. The van der Waals surface area contributed by atoms with Crippen LogP contribution in [0.15, 0.2) is 6.07 Å². The molecule has 1 heteroatoms. The Morgan fingerprint density at radius 1 is 1.00 bits per heavy atom. The molecule has 0 aromatic heterocycles. The summed E-state index contributed by atoms with van der Waals surface area (Å²) >= 11 is 0. The quantitative estimate of drug-likeness (QED) is 0.840. The number of benzene rings is 1. The fourth-order valence-corrected chi connectivity index (χ4v) is 2.56. The molecule has 0 amide bonds. The van der Waals surface area contributed by atoms with Crippen molar-refractivity contribution in [3.05, 3.63) is 33.9 Å². The zero-order chi connectivity index (χ0) is 13.2. The summed E-state index contributed by atoms with van der Waals surface area (Å²) in [5, 5.41) is 0. The van der Waals surface area contributed by atoms with Gasteiger partial charge < -0.3 is 5.73 Å². The summed E-state index contributed by atoms with van der Waals surface area (Å²) in [6.45, 7) is 13.3. The van der Waals surface area contributed by atoms with Gasteiger partial charge in [0.05, 0.1) is 0 Å². The van der Waals surface area contributed by atoms with Gasteiger partial charge in [0.2, 0.25) is 0 Å². The number of nitrogens with two attached hydrogens (primary N) is 1. The van der Waals surface area contributed by atoms with Crippen molar-refractivity contribution in [3.63, 3.8) is 0 Å². The zero-order valence-electron chi connectivity index (χ0n) is 12.2. The Labute approximate surface area is 106 Å². The van der Waals surface area contributed by atoms with Gasteiger partial charge in [0.15, 0.2) is 0 Å². The molecule has 0 aliphatic heterocycles. The molecular weight excluding hydrogens is 206 g/mol. The van der Waals surface area contributed by atoms with Gasteiger partial charge in [0.25, 0.3) is 0 Å². The molecule has 17 heavy (non-hydrogen) atoms. The van der Waals surface area contributed by atoms with Gasteiger partial charge in [-0.3, -0.25) is 0 Å². The predicted octanol–water partition coefficient (Wildman–Crippen LogP) is 3.84. The zero-order valence-corrected chi connectivity index (χ0v) is 12.2. The van der Waals surface area contributed by atoms with Crippen LogP contribution in [0.4, 0.5) is 0 Å². The highest BCUT2D eigenvalue weighted by molar-refractivity contribution is 5.44. The molecule has 0 fully saturated rings. The van der Waals surface area contributed by atoms with Crippen molar-refractivity contribution in [2.45, 2.75) is 60.4 Å². The monoisotopic (exact) mass is 233 g/mol. The lowest BCUT2D eigenvalue weighted by molar-refractivity contribution is 0.492. The van der Waals surface area contributed by atoms with Crippen LogP contribution in [-0.2, 0) is 6.42 Å². The highest BCUT2D eigenvalue weighted by Crippen LogP contribution is 2.23. The van der Waals surface area contributed by atoms with E-state index in [4.69, 9.17) is 5.73 Å². The average molecular weight is 233 g/mol. The highest BCUT2D eigenvalue weighted by atomic mass is 14.6. The van der Waals surface area contributed by atoms with Crippen molar-refractivity contribution in [1.29, 1.82) is 0 Å². The molecule has 0 heterocycles. The first-order valence-electron chi connectivity index (χ1n) is 6.64. The molecule has 0 bridgehead atoms. The Hall–Kier alpha value is -0.820. The number of hydrogen-bond acceptors (Lipinski definition) is 1. The number of hydrogen-bond donors (Lipinski definition) is 1. The van der Waals surface area contributed by atoms with E-state index in [1.165, 1.54) is 27.8 Å². The van der Waals surface area contributed by atoms with Gasteiger partial charge in [-0.25, -0.2) is 0 Å². The Morgan fingerprint density at radius 2 is 1.47 bits per heavy atom. The second-order valence-electron chi connectivity index (χ2n) is 5.83. The average Bonchev–Trinajstić information content (AvgIpc) is 2.20. The minimum atomic E-state index is 0.286. The second-order valence-corrected chi connectivity index (χ2v) is 5.83. The molecular formula is C16H27N. The lowest BCUT2D eigenvalue weighted by Crippen LogP contribution is -2.25. The van der Waals surface area contributed by atoms with Crippen LogP contribution in [-0.4, -0.2) is 6.04 Å². The first-order chi connectivity index (χ1) is 7.82. The first kappa shape index (κ1) is 14.2. The summed E-state index contributed by atoms with van der Waals surface area (Å²) in [4.78, 5) is 0. The summed E-state index contributed by atoms with van der Waals surface area (Å²) in [6.07, 6.45) is 2.12. The molecule has 1 atom stereocenters. The summed E-state index contributed by atoms with van der Waals surface area (Å²) in [5.74, 6) is 0.677. The summed E-state index contributed by atoms with van der Waals surface area (Å²) in [5.41, 5.74) is 13.3. The van der Waals surface area contributed by atoms with E-state index in [1.54, 1.807) is 0 Å². The minimum Gasteiger partial charge on any atom is -0.327 e. The van der Waals surface area contributed by atoms with Gasteiger partial charge in [0, 0.05) is 6.04 Å². The third-order valence-corrected chi connectivity index (χ3v) is 3.76. The van der Waals surface area contributed by atoms with Crippen molar-refractivity contribution in [1.82, 2.24) is 0 Å². The molecule has 96 valence electrons. The van der Waals surface area contributed by atoms with Crippen LogP contribution >= 0.6 is 0 Å². The molecule has 1 nitrogen and oxygen atoms in total. The van der Waals surface area contributed by atoms with Crippen LogP contribution in [0.1, 0.15) is 48.1 Å². The van der Waals surface area contributed by atoms with E-state index in [9.17, 15) is 0 Å². The molecule has 0 radical (unpaired) electrons. The summed E-state index contributed by atoms with van der Waals surface area (Å²) in [7, 11) is 0. The third kappa shape index (κ3) is 3.57. The van der Waals surface area contributed by atoms with E-state index in [2.05, 4.69) is 47.6 Å². The van der Waals surface area contributed by atoms with Gasteiger partial charge in [0.1, 0.15) is 0 Å². The molecule has 1 unspecified atom stereocenters. The number of rotatable bonds is 4. The molecule has 0 spiro atoms. The second kappa shape index (κ2) is 5.68. The lowest BCUT2D eigenvalue weighted by Gasteiger charge is -2.20. The van der Waals surface area contributed by atoms with Crippen LogP contribution < -0.4 is 5.73 Å². The van der Waals surface area contributed by atoms with Crippen LogP contribution in [0, 0.1) is 33.6 Å². The van der Waals surface area contributed by atoms with Gasteiger partial charge in [-0.15, -0.1) is 0 Å². The van der Waals surface area contributed by atoms with Gasteiger partial charge >= 0.3 is 0 Å². The van der Waals surface area contributed by atoms with Crippen LogP contribution in [0.3, 0.4) is 0 Å². The van der Waals surface area contributed by atoms with Crippen molar-refractivity contribution < 1.29 is 0 Å². The van der Waals surface area contributed by atoms with Crippen molar-refractivity contribution >= 4 is 0 Å². The van der Waals surface area contributed by atoms with E-state index in [0.29, 0.717) is 5.92 Å². The predicted molar refractivity (Wildman–Crippen MR) is 76.5 cm³/mol. The maximum Gasteiger partial charge on any atom is 0.00819 e. The molecule has 0 saturated carbocycles. The van der Waals surface area contributed by atoms with E-state index >= 15 is 0 Å². The Kier molecular flexibility index (Phi) is 4.76. The molecule has 1 aromatic carbocycles. The Balaban J connectivity index is 2.97.